The second-order valence-corrected chi connectivity index (χ2v) is 12.9. The fourth-order valence-electron chi connectivity index (χ4n) is 5.46. The van der Waals surface area contributed by atoms with Crippen LogP contribution in [0.5, 0.6) is 11.5 Å². The maximum atomic E-state index is 14.6. The Morgan fingerprint density at radius 3 is 1.32 bits per heavy atom. The summed E-state index contributed by atoms with van der Waals surface area (Å²) in [6.07, 6.45) is 4.33. The zero-order valence-corrected chi connectivity index (χ0v) is 31.5. The zero-order valence-electron chi connectivity index (χ0n) is 30.0. The van der Waals surface area contributed by atoms with Crippen molar-refractivity contribution in [2.45, 2.75) is 47.0 Å². The summed E-state index contributed by atoms with van der Waals surface area (Å²) in [6.45, 7) is 4.28. The minimum atomic E-state index is -1.35. The Morgan fingerprint density at radius 2 is 0.925 bits per heavy atom. The van der Waals surface area contributed by atoms with E-state index in [0.29, 0.717) is 15.5 Å². The number of hydrogen-bond acceptors (Lipinski definition) is 4. The van der Waals surface area contributed by atoms with Gasteiger partial charge in [-0.05, 0) is 116 Å². The standard InChI is InChI=1S/C22H21FO.C13H10BrFO.C9H13BO2.CH4/c1-3-4-16-5-7-18(8-6-16)21-14-11-19(15-22(21)23)17-9-12-20(24-2)13-10-17;1-16-11-5-2-9(3-6-11)10-4-7-12(14)13(15)8-10;1-2-3-8-4-6-9(7-5-8)10(11)12;/h5-15H,3-4H2,1-2H3;2-8H,1H3;4-7,11-12H,2-3H2,1H3;1H4. The molecular weight excluding hydrogens is 733 g/mol. The molecule has 53 heavy (non-hydrogen) atoms. The molecular formula is C45H48BBrF2O4. The Balaban J connectivity index is 0.000000227. The number of halogens is 3. The van der Waals surface area contributed by atoms with Crippen molar-refractivity contribution >= 4 is 28.5 Å². The minimum absolute atomic E-state index is 0. The summed E-state index contributed by atoms with van der Waals surface area (Å²) in [6, 6.07) is 41.1. The first-order valence-corrected chi connectivity index (χ1v) is 18.0. The van der Waals surface area contributed by atoms with Crippen LogP contribution in [-0.2, 0) is 12.8 Å². The molecule has 0 saturated carbocycles. The number of benzene rings is 6. The van der Waals surface area contributed by atoms with Crippen molar-refractivity contribution in [3.05, 3.63) is 161 Å². The largest absolute Gasteiger partial charge is 0.497 e. The van der Waals surface area contributed by atoms with E-state index in [2.05, 4.69) is 41.9 Å². The average molecular weight is 782 g/mol. The predicted octanol–water partition coefficient (Wildman–Crippen LogP) is 11.3. The maximum absolute atomic E-state index is 14.6. The van der Waals surface area contributed by atoms with Crippen molar-refractivity contribution in [2.75, 3.05) is 14.2 Å². The third kappa shape index (κ3) is 12.7. The van der Waals surface area contributed by atoms with Crippen molar-refractivity contribution in [2.24, 2.45) is 0 Å². The number of aryl methyl sites for hydroxylation is 2. The maximum Gasteiger partial charge on any atom is 0.488 e. The van der Waals surface area contributed by atoms with Crippen LogP contribution in [0.1, 0.15) is 45.2 Å². The lowest BCUT2D eigenvalue weighted by atomic mass is 9.80. The van der Waals surface area contributed by atoms with Gasteiger partial charge in [0.1, 0.15) is 23.1 Å². The fourth-order valence-corrected chi connectivity index (χ4v) is 5.70. The summed E-state index contributed by atoms with van der Waals surface area (Å²) in [5.41, 5.74) is 8.27. The number of hydrogen-bond donors (Lipinski definition) is 2. The van der Waals surface area contributed by atoms with Gasteiger partial charge in [0, 0.05) is 5.56 Å². The van der Waals surface area contributed by atoms with Gasteiger partial charge >= 0.3 is 7.12 Å². The molecule has 0 aliphatic heterocycles. The molecule has 0 amide bonds. The molecule has 0 radical (unpaired) electrons. The quantitative estimate of drug-likeness (QED) is 0.136. The average Bonchev–Trinajstić information content (AvgIpc) is 3.17. The van der Waals surface area contributed by atoms with Gasteiger partial charge in [0.05, 0.1) is 18.7 Å². The fraction of sp³-hybridized carbons (Fsp3) is 0.200. The van der Waals surface area contributed by atoms with Gasteiger partial charge in [0.2, 0.25) is 0 Å². The molecule has 0 unspecified atom stereocenters. The van der Waals surface area contributed by atoms with Crippen LogP contribution in [-0.4, -0.2) is 31.4 Å². The lowest BCUT2D eigenvalue weighted by molar-refractivity contribution is 0.415. The van der Waals surface area contributed by atoms with Gasteiger partial charge in [-0.1, -0.05) is 125 Å². The van der Waals surface area contributed by atoms with Crippen molar-refractivity contribution in [3.63, 3.8) is 0 Å². The SMILES string of the molecule is C.CCCc1ccc(-c2ccc(-c3ccc(OC)cc3)cc2F)cc1.CCCc1ccc(B(O)O)cc1.COc1ccc(-c2ccc(Br)c(F)c2)cc1. The lowest BCUT2D eigenvalue weighted by Crippen LogP contribution is -2.29. The van der Waals surface area contributed by atoms with E-state index in [1.807, 2.05) is 91.0 Å². The summed E-state index contributed by atoms with van der Waals surface area (Å²) in [7, 11) is 1.91. The topological polar surface area (TPSA) is 58.9 Å². The van der Waals surface area contributed by atoms with E-state index in [1.54, 1.807) is 38.5 Å². The van der Waals surface area contributed by atoms with E-state index in [-0.39, 0.29) is 19.1 Å². The molecule has 4 nitrogen and oxygen atoms in total. The summed E-state index contributed by atoms with van der Waals surface area (Å²) < 4.78 is 38.6. The number of ether oxygens (including phenoxy) is 2. The van der Waals surface area contributed by atoms with Crippen LogP contribution < -0.4 is 14.9 Å². The van der Waals surface area contributed by atoms with Crippen LogP contribution in [0.15, 0.2) is 138 Å². The van der Waals surface area contributed by atoms with E-state index in [4.69, 9.17) is 19.5 Å². The number of rotatable bonds is 10. The molecule has 6 rings (SSSR count). The van der Waals surface area contributed by atoms with Gasteiger partial charge in [-0.25, -0.2) is 8.78 Å². The van der Waals surface area contributed by atoms with Crippen LogP contribution in [0.25, 0.3) is 33.4 Å². The highest BCUT2D eigenvalue weighted by atomic mass is 79.9. The molecule has 0 fully saturated rings. The molecule has 0 aliphatic carbocycles. The third-order valence-corrected chi connectivity index (χ3v) is 9.00. The van der Waals surface area contributed by atoms with Crippen molar-refractivity contribution in [3.8, 4) is 44.9 Å². The highest BCUT2D eigenvalue weighted by Gasteiger charge is 2.10. The molecule has 0 aromatic heterocycles. The van der Waals surface area contributed by atoms with Gasteiger partial charge in [0.15, 0.2) is 0 Å². The van der Waals surface area contributed by atoms with Gasteiger partial charge in [-0.2, -0.15) is 0 Å². The van der Waals surface area contributed by atoms with Crippen LogP contribution >= 0.6 is 15.9 Å². The van der Waals surface area contributed by atoms with Gasteiger partial charge in [0.25, 0.3) is 0 Å². The van der Waals surface area contributed by atoms with E-state index < -0.39 is 7.12 Å². The number of methoxy groups -OCH3 is 2. The van der Waals surface area contributed by atoms with Crippen molar-refractivity contribution in [1.82, 2.24) is 0 Å². The van der Waals surface area contributed by atoms with E-state index in [9.17, 15) is 8.78 Å². The summed E-state index contributed by atoms with van der Waals surface area (Å²) >= 11 is 3.13. The van der Waals surface area contributed by atoms with Crippen LogP contribution in [0.2, 0.25) is 0 Å². The van der Waals surface area contributed by atoms with E-state index in [1.165, 1.54) is 17.2 Å². The van der Waals surface area contributed by atoms with Crippen LogP contribution in [0.3, 0.4) is 0 Å². The van der Waals surface area contributed by atoms with Crippen molar-refractivity contribution < 1.29 is 28.3 Å². The van der Waals surface area contributed by atoms with Gasteiger partial charge in [-0.15, -0.1) is 0 Å². The van der Waals surface area contributed by atoms with E-state index >= 15 is 0 Å². The second kappa shape index (κ2) is 21.7. The first-order valence-electron chi connectivity index (χ1n) is 17.2. The molecule has 0 saturated heterocycles. The molecule has 0 heterocycles. The van der Waals surface area contributed by atoms with Gasteiger partial charge < -0.3 is 19.5 Å². The Bertz CT molecular complexity index is 1970. The van der Waals surface area contributed by atoms with Crippen LogP contribution in [0.4, 0.5) is 8.78 Å². The second-order valence-electron chi connectivity index (χ2n) is 12.1. The minimum Gasteiger partial charge on any atom is -0.497 e. The molecule has 0 aliphatic rings. The molecule has 0 bridgehead atoms. The zero-order chi connectivity index (χ0) is 37.5. The lowest BCUT2D eigenvalue weighted by Gasteiger charge is -2.08. The molecule has 6 aromatic rings. The third-order valence-electron chi connectivity index (χ3n) is 8.36. The molecule has 8 heteroatoms. The summed E-state index contributed by atoms with van der Waals surface area (Å²) in [5, 5.41) is 17.6. The highest BCUT2D eigenvalue weighted by molar-refractivity contribution is 9.10. The smallest absolute Gasteiger partial charge is 0.488 e. The Kier molecular flexibility index (Phi) is 17.5. The predicted molar refractivity (Wildman–Crippen MR) is 221 cm³/mol. The summed E-state index contributed by atoms with van der Waals surface area (Å²) in [5.74, 6) is 1.13. The first-order chi connectivity index (χ1) is 25.1. The first kappa shape index (κ1) is 42.7. The molecule has 276 valence electrons. The van der Waals surface area contributed by atoms with E-state index in [0.717, 1.165) is 65.0 Å². The van der Waals surface area contributed by atoms with Crippen LogP contribution in [0, 0.1) is 11.6 Å². The van der Waals surface area contributed by atoms with Crippen molar-refractivity contribution in [1.29, 1.82) is 0 Å². The normalized spacial score (nSPS) is 10.1. The molecule has 0 atom stereocenters. The Morgan fingerprint density at radius 1 is 0.528 bits per heavy atom. The molecule has 2 N–H and O–H groups in total. The monoisotopic (exact) mass is 780 g/mol. The molecule has 6 aromatic carbocycles. The Labute approximate surface area is 322 Å². The highest BCUT2D eigenvalue weighted by Crippen LogP contribution is 2.30. The Hall–Kier alpha value is -4.76. The molecule has 0 spiro atoms. The summed E-state index contributed by atoms with van der Waals surface area (Å²) in [4.78, 5) is 0. The van der Waals surface area contributed by atoms with Gasteiger partial charge in [-0.3, -0.25) is 0 Å².